The molecule has 2 saturated heterocycles. The van der Waals surface area contributed by atoms with Crippen LogP contribution in [-0.4, -0.2) is 144 Å². The second-order valence-electron chi connectivity index (χ2n) is 21.3. The van der Waals surface area contributed by atoms with Gasteiger partial charge in [0.2, 0.25) is 0 Å². The Balaban J connectivity index is 1.29. The zero-order valence-corrected chi connectivity index (χ0v) is 44.4. The summed E-state index contributed by atoms with van der Waals surface area (Å²) >= 11 is 0. The molecule has 0 aromatic heterocycles. The lowest BCUT2D eigenvalue weighted by molar-refractivity contribution is -0.256. The van der Waals surface area contributed by atoms with Crippen molar-refractivity contribution in [2.45, 2.75) is 179 Å². The summed E-state index contributed by atoms with van der Waals surface area (Å²) in [5, 5.41) is 52.1. The highest BCUT2D eigenvalue weighted by molar-refractivity contribution is 7.95. The average Bonchev–Trinajstić information content (AvgIpc) is 3.31. The minimum atomic E-state index is -1.93. The number of aliphatic hydroxyl groups excluding tert-OH is 2. The summed E-state index contributed by atoms with van der Waals surface area (Å²) in [7, 11) is 6.33. The SMILES string of the molecule is CC[C@H]1OC(=O)[C@H](C)[C@@H](O)C[C@@H](O[C@H]2C[C@@H](N(C)C)C[C@@H](C)O2)[C@](C)(O)C[C@@H](C)CN(CCCCCCCC[P+](c2ccccc2)(c2ccccc2)c2ccc(N(C)C)cc2)[C@H](C)[C@@H](O)[C@]1(C)O. The fourth-order valence-corrected chi connectivity index (χ4v) is 15.3. The molecule has 380 valence electrons. The van der Waals surface area contributed by atoms with Crippen molar-refractivity contribution in [3.05, 3.63) is 84.9 Å². The van der Waals surface area contributed by atoms with Crippen LogP contribution in [0.25, 0.3) is 0 Å². The molecule has 0 radical (unpaired) electrons. The van der Waals surface area contributed by atoms with E-state index in [9.17, 15) is 25.2 Å². The summed E-state index contributed by atoms with van der Waals surface area (Å²) in [5.74, 6) is -1.72. The van der Waals surface area contributed by atoms with Crippen LogP contribution in [0.2, 0.25) is 0 Å². The monoisotopic (exact) mass is 963 g/mol. The van der Waals surface area contributed by atoms with Crippen LogP contribution < -0.4 is 20.8 Å². The van der Waals surface area contributed by atoms with Gasteiger partial charge < -0.3 is 44.4 Å². The van der Waals surface area contributed by atoms with Gasteiger partial charge in [-0.05, 0) is 148 Å². The van der Waals surface area contributed by atoms with E-state index in [4.69, 9.17) is 14.2 Å². The number of esters is 1. The second-order valence-corrected chi connectivity index (χ2v) is 24.9. The molecule has 0 spiro atoms. The van der Waals surface area contributed by atoms with Crippen LogP contribution in [0.4, 0.5) is 5.69 Å². The normalized spacial score (nSPS) is 31.7. The number of unbranched alkanes of at least 4 members (excludes halogenated alkanes) is 5. The van der Waals surface area contributed by atoms with Crippen molar-refractivity contribution < 1.29 is 39.4 Å². The largest absolute Gasteiger partial charge is 0.459 e. The first-order chi connectivity index (χ1) is 32.2. The number of ether oxygens (including phenoxy) is 3. The van der Waals surface area contributed by atoms with Gasteiger partial charge in [-0.15, -0.1) is 0 Å². The molecule has 3 aromatic rings. The van der Waals surface area contributed by atoms with Crippen LogP contribution in [-0.2, 0) is 19.0 Å². The van der Waals surface area contributed by atoms with Gasteiger partial charge in [0, 0.05) is 51.3 Å². The molecule has 2 heterocycles. The predicted octanol–water partition coefficient (Wildman–Crippen LogP) is 7.53. The lowest BCUT2D eigenvalue weighted by Crippen LogP contribution is -2.59. The highest BCUT2D eigenvalue weighted by Crippen LogP contribution is 2.56. The summed E-state index contributed by atoms with van der Waals surface area (Å²) < 4.78 is 18.8. The van der Waals surface area contributed by atoms with Gasteiger partial charge in [0.25, 0.3) is 0 Å². The maximum absolute atomic E-state index is 13.7. The van der Waals surface area contributed by atoms with Crippen molar-refractivity contribution in [1.29, 1.82) is 0 Å². The number of rotatable bonds is 17. The zero-order chi connectivity index (χ0) is 49.8. The highest BCUT2D eigenvalue weighted by atomic mass is 31.2. The number of carbonyl (C=O) groups excluding carboxylic acids is 1. The zero-order valence-electron chi connectivity index (χ0n) is 43.5. The Morgan fingerprint density at radius 3 is 1.88 bits per heavy atom. The Hall–Kier alpha value is -2.96. The van der Waals surface area contributed by atoms with Crippen molar-refractivity contribution in [2.24, 2.45) is 11.8 Å². The molecule has 12 atom stereocenters. The van der Waals surface area contributed by atoms with E-state index in [0.717, 1.165) is 51.1 Å². The molecule has 68 heavy (non-hydrogen) atoms. The topological polar surface area (TPSA) is 135 Å². The van der Waals surface area contributed by atoms with E-state index in [2.05, 4.69) is 121 Å². The Bertz CT molecular complexity index is 1900. The van der Waals surface area contributed by atoms with Crippen molar-refractivity contribution in [2.75, 3.05) is 52.3 Å². The van der Waals surface area contributed by atoms with Gasteiger partial charge in [-0.2, -0.15) is 0 Å². The number of carbonyl (C=O) groups is 1. The molecular weight excluding hydrogens is 874 g/mol. The van der Waals surface area contributed by atoms with Crippen LogP contribution in [0.5, 0.6) is 0 Å². The van der Waals surface area contributed by atoms with Crippen LogP contribution in [0, 0.1) is 11.8 Å². The molecule has 2 aliphatic rings. The van der Waals surface area contributed by atoms with Gasteiger partial charge in [-0.25, -0.2) is 0 Å². The standard InChI is InChI=1S/C56H89N3O8P/c1-12-50-56(7,64)53(61)43(5)59(39-40(2)38-55(6,63)51(37-49(60)42(4)54(62)67-50)66-52-36-45(58(10)11)35-41(3)65-52)33-23-15-13-14-16-24-34-68(46-25-19-17-20-26-46,47-27-21-18-22-28-47)48-31-29-44(30-32-48)57(8)9/h17-22,25-32,40-43,45,49-53,60-61,63-64H,12-16,23-24,33-39H2,1-11H3/q+1/t40-,41-,42-,43-,45+,49+,50-,51-,52+,53-,55-,56-/m1/s1. The molecule has 2 aliphatic heterocycles. The Morgan fingerprint density at radius 2 is 1.32 bits per heavy atom. The smallest absolute Gasteiger partial charge is 0.311 e. The van der Waals surface area contributed by atoms with Gasteiger partial charge in [-0.1, -0.05) is 69.5 Å². The van der Waals surface area contributed by atoms with E-state index in [1.54, 1.807) is 20.8 Å². The molecule has 5 rings (SSSR count). The minimum Gasteiger partial charge on any atom is -0.459 e. The van der Waals surface area contributed by atoms with E-state index < -0.39 is 67.1 Å². The Labute approximate surface area is 410 Å². The molecule has 0 amide bonds. The third-order valence-electron chi connectivity index (χ3n) is 15.2. The third-order valence-corrected chi connectivity index (χ3v) is 19.7. The van der Waals surface area contributed by atoms with E-state index in [0.29, 0.717) is 25.9 Å². The van der Waals surface area contributed by atoms with E-state index in [1.807, 2.05) is 34.9 Å². The number of cyclic esters (lactones) is 1. The minimum absolute atomic E-state index is 0.0160. The molecular formula is C56H89N3O8P+. The highest BCUT2D eigenvalue weighted by Gasteiger charge is 2.48. The quantitative estimate of drug-likeness (QED) is 0.0608. The fourth-order valence-electron chi connectivity index (χ4n) is 10.9. The van der Waals surface area contributed by atoms with Gasteiger partial charge in [0.15, 0.2) is 6.29 Å². The lowest BCUT2D eigenvalue weighted by Gasteiger charge is -2.43. The van der Waals surface area contributed by atoms with E-state index >= 15 is 0 Å². The molecule has 0 aliphatic carbocycles. The van der Waals surface area contributed by atoms with E-state index in [-0.39, 0.29) is 30.9 Å². The summed E-state index contributed by atoms with van der Waals surface area (Å²) in [6, 6.07) is 31.1. The lowest BCUT2D eigenvalue weighted by atomic mass is 9.83. The van der Waals surface area contributed by atoms with Crippen molar-refractivity contribution in [3.8, 4) is 0 Å². The van der Waals surface area contributed by atoms with E-state index in [1.165, 1.54) is 21.6 Å². The molecule has 2 fully saturated rings. The van der Waals surface area contributed by atoms with Crippen LogP contribution in [0.1, 0.15) is 119 Å². The summed E-state index contributed by atoms with van der Waals surface area (Å²) in [6.45, 7) is 14.0. The van der Waals surface area contributed by atoms with Crippen LogP contribution >= 0.6 is 7.26 Å². The maximum Gasteiger partial charge on any atom is 0.311 e. The number of aliphatic hydroxyl groups is 4. The first kappa shape index (κ1) is 56.0. The number of anilines is 1. The molecule has 3 aromatic carbocycles. The van der Waals surface area contributed by atoms with Gasteiger partial charge in [0.05, 0.1) is 36.0 Å². The first-order valence-corrected chi connectivity index (χ1v) is 27.7. The van der Waals surface area contributed by atoms with Crippen LogP contribution in [0.15, 0.2) is 84.9 Å². The van der Waals surface area contributed by atoms with Crippen molar-refractivity contribution in [1.82, 2.24) is 9.80 Å². The molecule has 12 heteroatoms. The van der Waals surface area contributed by atoms with Crippen molar-refractivity contribution in [3.63, 3.8) is 0 Å². The molecule has 4 N–H and O–H groups in total. The number of nitrogens with zero attached hydrogens (tertiary/aromatic N) is 3. The molecule has 0 bridgehead atoms. The number of hydrogen-bond donors (Lipinski definition) is 4. The molecule has 0 saturated carbocycles. The van der Waals surface area contributed by atoms with Gasteiger partial charge >= 0.3 is 5.97 Å². The second kappa shape index (κ2) is 25.4. The first-order valence-electron chi connectivity index (χ1n) is 25.7. The Kier molecular flexibility index (Phi) is 20.9. The molecule has 11 nitrogen and oxygen atoms in total. The summed E-state index contributed by atoms with van der Waals surface area (Å²) in [6.07, 6.45) is 4.54. The number of benzene rings is 3. The third kappa shape index (κ3) is 14.3. The van der Waals surface area contributed by atoms with Crippen molar-refractivity contribution >= 4 is 34.8 Å². The summed E-state index contributed by atoms with van der Waals surface area (Å²) in [5.41, 5.74) is -1.97. The molecule has 0 unspecified atom stereocenters. The summed E-state index contributed by atoms with van der Waals surface area (Å²) in [4.78, 5) is 20.2. The Morgan fingerprint density at radius 1 is 0.765 bits per heavy atom. The maximum atomic E-state index is 13.7. The van der Waals surface area contributed by atoms with Crippen LogP contribution in [0.3, 0.4) is 0 Å². The average molecular weight is 963 g/mol. The number of hydrogen-bond acceptors (Lipinski definition) is 11. The fraction of sp³-hybridized carbons (Fsp3) is 0.661. The van der Waals surface area contributed by atoms with Gasteiger partial charge in [0.1, 0.15) is 41.0 Å². The van der Waals surface area contributed by atoms with Gasteiger partial charge in [-0.3, -0.25) is 9.69 Å². The predicted molar refractivity (Wildman–Crippen MR) is 280 cm³/mol.